The van der Waals surface area contributed by atoms with Crippen molar-refractivity contribution in [1.82, 2.24) is 29.7 Å². The third-order valence-corrected chi connectivity index (χ3v) is 6.71. The van der Waals surface area contributed by atoms with Crippen molar-refractivity contribution in [3.05, 3.63) is 85.0 Å². The lowest BCUT2D eigenvalue weighted by Crippen LogP contribution is -2.17. The SMILES string of the molecule is c1cn(-c2ccc(-c3ccc(-n4ccnc4[C@@H]4CCCN4)cc3)cc2)c([C@@H]2CCCN2)n1. The monoisotopic (exact) mass is 424 g/mol. The molecule has 4 aromatic rings. The van der Waals surface area contributed by atoms with E-state index in [1.807, 2.05) is 12.4 Å². The van der Waals surface area contributed by atoms with Crippen LogP contribution in [0.1, 0.15) is 49.4 Å². The Balaban J connectivity index is 1.23. The number of benzene rings is 2. The van der Waals surface area contributed by atoms with Gasteiger partial charge in [0, 0.05) is 36.2 Å². The van der Waals surface area contributed by atoms with E-state index in [0.717, 1.165) is 49.0 Å². The second-order valence-electron chi connectivity index (χ2n) is 8.70. The van der Waals surface area contributed by atoms with Crippen LogP contribution in [-0.4, -0.2) is 32.2 Å². The van der Waals surface area contributed by atoms with Crippen LogP contribution in [0, 0.1) is 0 Å². The number of aromatic nitrogens is 4. The Morgan fingerprint density at radius 1 is 0.625 bits per heavy atom. The first-order chi connectivity index (χ1) is 15.9. The molecule has 2 aliphatic rings. The summed E-state index contributed by atoms with van der Waals surface area (Å²) in [6.45, 7) is 2.15. The van der Waals surface area contributed by atoms with Gasteiger partial charge in [0.2, 0.25) is 0 Å². The lowest BCUT2D eigenvalue weighted by atomic mass is 10.0. The highest BCUT2D eigenvalue weighted by Crippen LogP contribution is 2.28. The summed E-state index contributed by atoms with van der Waals surface area (Å²) in [5.41, 5.74) is 4.73. The third-order valence-electron chi connectivity index (χ3n) is 6.71. The predicted molar refractivity (Wildman–Crippen MR) is 126 cm³/mol. The molecule has 2 atom stereocenters. The van der Waals surface area contributed by atoms with Crippen LogP contribution in [0.3, 0.4) is 0 Å². The van der Waals surface area contributed by atoms with E-state index in [1.165, 1.54) is 24.0 Å². The Hall–Kier alpha value is -3.22. The summed E-state index contributed by atoms with van der Waals surface area (Å²) >= 11 is 0. The van der Waals surface area contributed by atoms with Gasteiger partial charge in [-0.1, -0.05) is 24.3 Å². The molecule has 0 radical (unpaired) electrons. The van der Waals surface area contributed by atoms with Crippen molar-refractivity contribution in [2.45, 2.75) is 37.8 Å². The highest BCUT2D eigenvalue weighted by atomic mass is 15.1. The molecule has 2 N–H and O–H groups in total. The van der Waals surface area contributed by atoms with Gasteiger partial charge in [-0.15, -0.1) is 0 Å². The van der Waals surface area contributed by atoms with E-state index in [-0.39, 0.29) is 0 Å². The number of imidazole rings is 2. The fraction of sp³-hybridized carbons (Fsp3) is 0.308. The molecule has 6 rings (SSSR count). The first-order valence-corrected chi connectivity index (χ1v) is 11.6. The predicted octanol–water partition coefficient (Wildman–Crippen LogP) is 4.57. The van der Waals surface area contributed by atoms with Crippen LogP contribution in [0.25, 0.3) is 22.5 Å². The minimum atomic E-state index is 0.352. The zero-order valence-electron chi connectivity index (χ0n) is 18.1. The minimum Gasteiger partial charge on any atom is -0.307 e. The second kappa shape index (κ2) is 8.37. The average Bonchev–Trinajstić information content (AvgIpc) is 3.65. The molecular weight excluding hydrogens is 396 g/mol. The first kappa shape index (κ1) is 19.5. The number of hydrogen-bond donors (Lipinski definition) is 2. The number of hydrogen-bond acceptors (Lipinski definition) is 4. The Labute approximate surface area is 188 Å². The molecule has 0 saturated carbocycles. The van der Waals surface area contributed by atoms with Gasteiger partial charge in [0.1, 0.15) is 11.6 Å². The largest absolute Gasteiger partial charge is 0.307 e. The molecule has 0 aliphatic carbocycles. The molecule has 32 heavy (non-hydrogen) atoms. The van der Waals surface area contributed by atoms with E-state index in [4.69, 9.17) is 0 Å². The van der Waals surface area contributed by atoms with Gasteiger partial charge in [-0.05, 0) is 74.2 Å². The summed E-state index contributed by atoms with van der Waals surface area (Å²) in [6.07, 6.45) is 12.6. The second-order valence-corrected chi connectivity index (χ2v) is 8.70. The van der Waals surface area contributed by atoms with Gasteiger partial charge < -0.3 is 19.8 Å². The lowest BCUT2D eigenvalue weighted by molar-refractivity contribution is 0.595. The highest BCUT2D eigenvalue weighted by Gasteiger charge is 2.22. The standard InChI is InChI=1S/C26H28N6/c1-3-23(27-13-1)25-29-15-17-31(25)21-9-5-19(6-10-21)20-7-11-22(12-8-20)32-18-16-30-26(32)24-4-2-14-28-24/h5-12,15-18,23-24,27-28H,1-4,13-14H2/t23-,24-/m0/s1. The van der Waals surface area contributed by atoms with Gasteiger partial charge in [-0.2, -0.15) is 0 Å². The molecule has 6 nitrogen and oxygen atoms in total. The van der Waals surface area contributed by atoms with Crippen molar-refractivity contribution >= 4 is 0 Å². The molecule has 162 valence electrons. The van der Waals surface area contributed by atoms with Crippen molar-refractivity contribution in [2.24, 2.45) is 0 Å². The van der Waals surface area contributed by atoms with Crippen LogP contribution in [-0.2, 0) is 0 Å². The van der Waals surface area contributed by atoms with Crippen molar-refractivity contribution in [2.75, 3.05) is 13.1 Å². The smallest absolute Gasteiger partial charge is 0.130 e. The summed E-state index contributed by atoms with van der Waals surface area (Å²) in [7, 11) is 0. The van der Waals surface area contributed by atoms with Crippen LogP contribution in [0.4, 0.5) is 0 Å². The van der Waals surface area contributed by atoms with Gasteiger partial charge >= 0.3 is 0 Å². The van der Waals surface area contributed by atoms with Gasteiger partial charge in [-0.25, -0.2) is 9.97 Å². The Morgan fingerprint density at radius 2 is 1.06 bits per heavy atom. The van der Waals surface area contributed by atoms with Gasteiger partial charge in [-0.3, -0.25) is 0 Å². The maximum Gasteiger partial charge on any atom is 0.130 e. The summed E-state index contributed by atoms with van der Waals surface area (Å²) in [5.74, 6) is 2.21. The summed E-state index contributed by atoms with van der Waals surface area (Å²) < 4.78 is 4.40. The Bertz CT molecular complexity index is 1080. The maximum absolute atomic E-state index is 4.61. The molecule has 0 spiro atoms. The van der Waals surface area contributed by atoms with Crippen molar-refractivity contribution in [1.29, 1.82) is 0 Å². The van der Waals surface area contributed by atoms with Gasteiger partial charge in [0.15, 0.2) is 0 Å². The fourth-order valence-corrected chi connectivity index (χ4v) is 5.02. The normalized spacial score (nSPS) is 20.8. The molecule has 2 aliphatic heterocycles. The third kappa shape index (κ3) is 3.55. The molecule has 0 unspecified atom stereocenters. The molecule has 2 aromatic carbocycles. The molecule has 6 heteroatoms. The van der Waals surface area contributed by atoms with E-state index in [1.54, 1.807) is 0 Å². The summed E-state index contributed by atoms with van der Waals surface area (Å²) in [6, 6.07) is 18.2. The quantitative estimate of drug-likeness (QED) is 0.493. The van der Waals surface area contributed by atoms with Crippen LogP contribution >= 0.6 is 0 Å². The van der Waals surface area contributed by atoms with Gasteiger partial charge in [0.25, 0.3) is 0 Å². The Kier molecular flexibility index (Phi) is 5.09. The van der Waals surface area contributed by atoms with Crippen molar-refractivity contribution in [3.8, 4) is 22.5 Å². The van der Waals surface area contributed by atoms with Crippen LogP contribution in [0.2, 0.25) is 0 Å². The molecule has 4 heterocycles. The van der Waals surface area contributed by atoms with E-state index in [2.05, 4.69) is 90.7 Å². The average molecular weight is 425 g/mol. The maximum atomic E-state index is 4.61. The highest BCUT2D eigenvalue weighted by molar-refractivity contribution is 5.66. The van der Waals surface area contributed by atoms with E-state index >= 15 is 0 Å². The van der Waals surface area contributed by atoms with E-state index < -0.39 is 0 Å². The zero-order chi connectivity index (χ0) is 21.3. The van der Waals surface area contributed by atoms with Crippen LogP contribution in [0.5, 0.6) is 0 Å². The molecule has 0 bridgehead atoms. The topological polar surface area (TPSA) is 59.7 Å². The minimum absolute atomic E-state index is 0.352. The van der Waals surface area contributed by atoms with Crippen LogP contribution in [0.15, 0.2) is 73.3 Å². The molecule has 2 fully saturated rings. The first-order valence-electron chi connectivity index (χ1n) is 11.6. The molecular formula is C26H28N6. The summed E-state index contributed by atoms with van der Waals surface area (Å²) in [5, 5.41) is 7.10. The zero-order valence-corrected chi connectivity index (χ0v) is 18.1. The van der Waals surface area contributed by atoms with Crippen molar-refractivity contribution in [3.63, 3.8) is 0 Å². The molecule has 2 saturated heterocycles. The number of rotatable bonds is 5. The van der Waals surface area contributed by atoms with Crippen molar-refractivity contribution < 1.29 is 0 Å². The number of nitrogens with zero attached hydrogens (tertiary/aromatic N) is 4. The Morgan fingerprint density at radius 3 is 1.44 bits per heavy atom. The molecule has 0 amide bonds. The number of nitrogens with one attached hydrogen (secondary N) is 2. The van der Waals surface area contributed by atoms with E-state index in [9.17, 15) is 0 Å². The van der Waals surface area contributed by atoms with E-state index in [0.29, 0.717) is 12.1 Å². The van der Waals surface area contributed by atoms with Gasteiger partial charge in [0.05, 0.1) is 12.1 Å². The fourth-order valence-electron chi connectivity index (χ4n) is 5.02. The summed E-state index contributed by atoms with van der Waals surface area (Å²) in [4.78, 5) is 9.23. The van der Waals surface area contributed by atoms with Crippen LogP contribution < -0.4 is 10.6 Å². The molecule has 2 aromatic heterocycles. The lowest BCUT2D eigenvalue weighted by Gasteiger charge is -2.15.